The lowest BCUT2D eigenvalue weighted by atomic mass is 9.97. The van der Waals surface area contributed by atoms with Crippen molar-refractivity contribution in [3.05, 3.63) is 47.6 Å². The smallest absolute Gasteiger partial charge is 0.322 e. The van der Waals surface area contributed by atoms with Gasteiger partial charge in [-0.25, -0.2) is 4.79 Å². The van der Waals surface area contributed by atoms with E-state index >= 15 is 0 Å². The normalized spacial score (nSPS) is 17.3. The second-order valence-electron chi connectivity index (χ2n) is 5.73. The third-order valence-corrected chi connectivity index (χ3v) is 4.79. The standard InChI is InChI=1S/C17H20N4O2S/c22-16(19-11-14-6-1-2-8-18-14)13-5-3-9-21(12-13)17(23)20-15-7-4-10-24-15/h1-2,4,6-8,10,13H,3,5,9,11-12H2,(H,19,22)(H,20,23)/t13-/m1/s1. The molecule has 2 aromatic rings. The fraction of sp³-hybridized carbons (Fsp3) is 0.353. The SMILES string of the molecule is O=C(NCc1ccccn1)[C@@H]1CCCN(C(=O)Nc2cccs2)C1. The molecule has 0 aromatic carbocycles. The Labute approximate surface area is 144 Å². The van der Waals surface area contributed by atoms with Crippen molar-refractivity contribution in [3.63, 3.8) is 0 Å². The number of thiophene rings is 1. The first kappa shape index (κ1) is 16.4. The number of rotatable bonds is 4. The highest BCUT2D eigenvalue weighted by Gasteiger charge is 2.28. The first-order valence-corrected chi connectivity index (χ1v) is 8.87. The molecule has 3 rings (SSSR count). The molecule has 0 saturated carbocycles. The summed E-state index contributed by atoms with van der Waals surface area (Å²) in [5.74, 6) is -0.189. The van der Waals surface area contributed by atoms with Gasteiger partial charge in [0.15, 0.2) is 0 Å². The highest BCUT2D eigenvalue weighted by molar-refractivity contribution is 7.14. The number of pyridine rings is 1. The number of likely N-dealkylation sites (tertiary alicyclic amines) is 1. The van der Waals surface area contributed by atoms with Gasteiger partial charge in [-0.3, -0.25) is 15.1 Å². The fourth-order valence-corrected chi connectivity index (χ4v) is 3.34. The van der Waals surface area contributed by atoms with Gasteiger partial charge in [-0.1, -0.05) is 6.07 Å². The number of aromatic nitrogens is 1. The van der Waals surface area contributed by atoms with Crippen molar-refractivity contribution in [2.75, 3.05) is 18.4 Å². The molecule has 0 bridgehead atoms. The van der Waals surface area contributed by atoms with Crippen LogP contribution in [-0.4, -0.2) is 34.9 Å². The number of nitrogens with zero attached hydrogens (tertiary/aromatic N) is 2. The van der Waals surface area contributed by atoms with Gasteiger partial charge in [0, 0.05) is 19.3 Å². The van der Waals surface area contributed by atoms with Crippen LogP contribution in [0.5, 0.6) is 0 Å². The van der Waals surface area contributed by atoms with E-state index in [0.29, 0.717) is 19.6 Å². The molecular weight excluding hydrogens is 324 g/mol. The summed E-state index contributed by atoms with van der Waals surface area (Å²) in [5, 5.41) is 8.53. The van der Waals surface area contributed by atoms with Gasteiger partial charge in [-0.05, 0) is 42.5 Å². The molecule has 1 fully saturated rings. The van der Waals surface area contributed by atoms with Gasteiger partial charge in [-0.15, -0.1) is 11.3 Å². The van der Waals surface area contributed by atoms with Crippen molar-refractivity contribution in [2.45, 2.75) is 19.4 Å². The molecule has 1 saturated heterocycles. The van der Waals surface area contributed by atoms with Crippen LogP contribution in [-0.2, 0) is 11.3 Å². The molecule has 0 spiro atoms. The van der Waals surface area contributed by atoms with Crippen LogP contribution in [0.15, 0.2) is 41.9 Å². The van der Waals surface area contributed by atoms with Crippen molar-refractivity contribution in [1.82, 2.24) is 15.2 Å². The number of carbonyl (C=O) groups excluding carboxylic acids is 2. The van der Waals surface area contributed by atoms with Crippen molar-refractivity contribution >= 4 is 28.3 Å². The quantitative estimate of drug-likeness (QED) is 0.895. The van der Waals surface area contributed by atoms with E-state index in [1.807, 2.05) is 35.7 Å². The average molecular weight is 344 g/mol. The summed E-state index contributed by atoms with van der Waals surface area (Å²) in [6, 6.07) is 9.23. The van der Waals surface area contributed by atoms with Crippen LogP contribution in [0.2, 0.25) is 0 Å². The van der Waals surface area contributed by atoms with E-state index in [2.05, 4.69) is 15.6 Å². The zero-order valence-corrected chi connectivity index (χ0v) is 14.1. The van der Waals surface area contributed by atoms with Crippen LogP contribution >= 0.6 is 11.3 Å². The third-order valence-electron chi connectivity index (χ3n) is 4.00. The fourth-order valence-electron chi connectivity index (χ4n) is 2.73. The molecular formula is C17H20N4O2S. The Morgan fingerprint density at radius 3 is 2.96 bits per heavy atom. The Bertz CT molecular complexity index is 675. The number of piperidine rings is 1. The molecule has 2 aromatic heterocycles. The molecule has 6 nitrogen and oxygen atoms in total. The van der Waals surface area contributed by atoms with E-state index in [-0.39, 0.29) is 17.9 Å². The Hall–Kier alpha value is -2.41. The number of amides is 3. The molecule has 1 aliphatic rings. The second kappa shape index (κ2) is 7.92. The Balaban J connectivity index is 1.51. The molecule has 7 heteroatoms. The number of carbonyl (C=O) groups is 2. The van der Waals surface area contributed by atoms with Crippen molar-refractivity contribution in [1.29, 1.82) is 0 Å². The van der Waals surface area contributed by atoms with Crippen LogP contribution in [0, 0.1) is 5.92 Å². The van der Waals surface area contributed by atoms with E-state index in [0.717, 1.165) is 23.5 Å². The maximum atomic E-state index is 12.4. The van der Waals surface area contributed by atoms with Gasteiger partial charge < -0.3 is 10.2 Å². The minimum absolute atomic E-state index is 0.0192. The van der Waals surface area contributed by atoms with Gasteiger partial charge in [-0.2, -0.15) is 0 Å². The maximum Gasteiger partial charge on any atom is 0.322 e. The molecule has 2 N–H and O–H groups in total. The summed E-state index contributed by atoms with van der Waals surface area (Å²) in [6.07, 6.45) is 3.34. The van der Waals surface area contributed by atoms with Gasteiger partial charge >= 0.3 is 6.03 Å². The number of hydrogen-bond acceptors (Lipinski definition) is 4. The topological polar surface area (TPSA) is 74.3 Å². The van der Waals surface area contributed by atoms with E-state index in [1.54, 1.807) is 11.1 Å². The molecule has 0 radical (unpaired) electrons. The second-order valence-corrected chi connectivity index (χ2v) is 6.68. The minimum atomic E-state index is -0.170. The largest absolute Gasteiger partial charge is 0.350 e. The third kappa shape index (κ3) is 4.32. The first-order valence-electron chi connectivity index (χ1n) is 7.99. The number of urea groups is 1. The lowest BCUT2D eigenvalue weighted by molar-refractivity contribution is -0.126. The lowest BCUT2D eigenvalue weighted by Crippen LogP contribution is -2.46. The van der Waals surface area contributed by atoms with Gasteiger partial charge in [0.25, 0.3) is 0 Å². The maximum absolute atomic E-state index is 12.4. The van der Waals surface area contributed by atoms with E-state index in [1.165, 1.54) is 11.3 Å². The molecule has 0 unspecified atom stereocenters. The highest BCUT2D eigenvalue weighted by atomic mass is 32.1. The molecule has 126 valence electrons. The monoisotopic (exact) mass is 344 g/mol. The number of nitrogens with one attached hydrogen (secondary N) is 2. The molecule has 24 heavy (non-hydrogen) atoms. The van der Waals surface area contributed by atoms with Crippen LogP contribution in [0.1, 0.15) is 18.5 Å². The number of anilines is 1. The van der Waals surface area contributed by atoms with E-state index < -0.39 is 0 Å². The summed E-state index contributed by atoms with van der Waals surface area (Å²) < 4.78 is 0. The van der Waals surface area contributed by atoms with Crippen molar-refractivity contribution in [3.8, 4) is 0 Å². The molecule has 1 aliphatic heterocycles. The summed E-state index contributed by atoms with van der Waals surface area (Å²) in [4.78, 5) is 30.6. The van der Waals surface area contributed by atoms with Gasteiger partial charge in [0.2, 0.25) is 5.91 Å². The average Bonchev–Trinajstić information content (AvgIpc) is 3.13. The predicted molar refractivity (Wildman–Crippen MR) is 93.7 cm³/mol. The summed E-state index contributed by atoms with van der Waals surface area (Å²) in [7, 11) is 0. The molecule has 1 atom stereocenters. The Kier molecular flexibility index (Phi) is 5.43. The molecule has 3 heterocycles. The van der Waals surface area contributed by atoms with Crippen molar-refractivity contribution in [2.24, 2.45) is 5.92 Å². The Morgan fingerprint density at radius 1 is 1.29 bits per heavy atom. The zero-order valence-electron chi connectivity index (χ0n) is 13.3. The van der Waals surface area contributed by atoms with Crippen LogP contribution in [0.4, 0.5) is 9.80 Å². The first-order chi connectivity index (χ1) is 11.7. The highest BCUT2D eigenvalue weighted by Crippen LogP contribution is 2.20. The predicted octanol–water partition coefficient (Wildman–Crippen LogP) is 2.70. The lowest BCUT2D eigenvalue weighted by Gasteiger charge is -2.31. The zero-order chi connectivity index (χ0) is 16.8. The summed E-state index contributed by atoms with van der Waals surface area (Å²) in [6.45, 7) is 1.55. The molecule has 0 aliphatic carbocycles. The van der Waals surface area contributed by atoms with E-state index in [4.69, 9.17) is 0 Å². The van der Waals surface area contributed by atoms with Gasteiger partial charge in [0.05, 0.1) is 23.2 Å². The number of hydrogen-bond donors (Lipinski definition) is 2. The van der Waals surface area contributed by atoms with Gasteiger partial charge in [0.1, 0.15) is 0 Å². The Morgan fingerprint density at radius 2 is 2.21 bits per heavy atom. The van der Waals surface area contributed by atoms with Crippen LogP contribution in [0.25, 0.3) is 0 Å². The van der Waals surface area contributed by atoms with E-state index in [9.17, 15) is 9.59 Å². The van der Waals surface area contributed by atoms with Crippen molar-refractivity contribution < 1.29 is 9.59 Å². The summed E-state index contributed by atoms with van der Waals surface area (Å²) >= 11 is 1.48. The molecule has 3 amide bonds. The minimum Gasteiger partial charge on any atom is -0.350 e. The summed E-state index contributed by atoms with van der Waals surface area (Å²) in [5.41, 5.74) is 0.828. The van der Waals surface area contributed by atoms with Crippen LogP contribution < -0.4 is 10.6 Å². The van der Waals surface area contributed by atoms with Crippen LogP contribution in [0.3, 0.4) is 0 Å².